The van der Waals surface area contributed by atoms with Crippen LogP contribution in [0.15, 0.2) is 24.3 Å². The number of rotatable bonds is 4. The second-order valence-electron chi connectivity index (χ2n) is 4.87. The van der Waals surface area contributed by atoms with Crippen LogP contribution in [0.5, 0.6) is 5.75 Å². The van der Waals surface area contributed by atoms with Crippen LogP contribution < -0.4 is 4.74 Å². The monoisotopic (exact) mass is 314 g/mol. The molecule has 22 heavy (non-hydrogen) atoms. The lowest BCUT2D eigenvalue weighted by atomic mass is 9.99. The molecule has 0 aliphatic carbocycles. The number of methoxy groups -OCH3 is 1. The van der Waals surface area contributed by atoms with E-state index < -0.39 is 36.7 Å². The van der Waals surface area contributed by atoms with Crippen molar-refractivity contribution in [3.05, 3.63) is 29.8 Å². The van der Waals surface area contributed by atoms with Crippen molar-refractivity contribution in [1.29, 1.82) is 0 Å². The summed E-state index contributed by atoms with van der Waals surface area (Å²) in [6.45, 7) is -0.0792. The molecule has 5 atom stereocenters. The molecule has 1 saturated heterocycles. The molecule has 0 aromatic heterocycles. The number of hydrogen-bond acceptors (Lipinski definition) is 8. The Balaban J connectivity index is 1.93. The molecule has 4 N–H and O–H groups in total. The maximum atomic E-state index is 11.9. The molecule has 0 unspecified atom stereocenters. The van der Waals surface area contributed by atoms with E-state index in [-0.39, 0.29) is 6.61 Å². The minimum atomic E-state index is -1.78. The van der Waals surface area contributed by atoms with Crippen molar-refractivity contribution in [3.8, 4) is 5.75 Å². The third kappa shape index (κ3) is 3.54. The molecule has 1 aliphatic heterocycles. The summed E-state index contributed by atoms with van der Waals surface area (Å²) in [5, 5.41) is 37.9. The summed E-state index contributed by atoms with van der Waals surface area (Å²) >= 11 is 0. The summed E-state index contributed by atoms with van der Waals surface area (Å²) in [6, 6.07) is 6.77. The number of aliphatic hydroxyl groups is 4. The fourth-order valence-corrected chi connectivity index (χ4v) is 2.01. The lowest BCUT2D eigenvalue weighted by molar-refractivity contribution is -0.281. The highest BCUT2D eigenvalue weighted by molar-refractivity contribution is 5.75. The highest BCUT2D eigenvalue weighted by atomic mass is 16.7. The van der Waals surface area contributed by atoms with E-state index >= 15 is 0 Å². The van der Waals surface area contributed by atoms with Crippen molar-refractivity contribution in [1.82, 2.24) is 0 Å². The lowest BCUT2D eigenvalue weighted by Gasteiger charge is -2.36. The van der Waals surface area contributed by atoms with Crippen molar-refractivity contribution < 1.29 is 39.4 Å². The van der Waals surface area contributed by atoms with Crippen molar-refractivity contribution >= 4 is 5.97 Å². The third-order valence-corrected chi connectivity index (χ3v) is 3.36. The first-order chi connectivity index (χ1) is 10.4. The Hall–Kier alpha value is -1.71. The van der Waals surface area contributed by atoms with Gasteiger partial charge in [0, 0.05) is 0 Å². The van der Waals surface area contributed by atoms with Gasteiger partial charge in [0.15, 0.2) is 12.4 Å². The Morgan fingerprint density at radius 3 is 2.32 bits per heavy atom. The molecule has 1 aromatic carbocycles. The summed E-state index contributed by atoms with van der Waals surface area (Å²) in [7, 11) is 1.53. The Kier molecular flexibility index (Phi) is 5.33. The predicted octanol–water partition coefficient (Wildman–Crippen LogP) is -1.46. The maximum absolute atomic E-state index is 11.9. The number of ether oxygens (including phenoxy) is 3. The molecule has 0 spiro atoms. The van der Waals surface area contributed by atoms with Crippen LogP contribution in [-0.4, -0.2) is 64.2 Å². The predicted molar refractivity (Wildman–Crippen MR) is 71.7 cm³/mol. The molecular weight excluding hydrogens is 296 g/mol. The van der Waals surface area contributed by atoms with E-state index in [2.05, 4.69) is 0 Å². The molecule has 2 rings (SSSR count). The zero-order valence-electron chi connectivity index (χ0n) is 11.8. The molecular formula is C14H18O8. The normalized spacial score (nSPS) is 31.6. The van der Waals surface area contributed by atoms with Gasteiger partial charge in [0.2, 0.25) is 0 Å². The van der Waals surface area contributed by atoms with Crippen LogP contribution >= 0.6 is 0 Å². The standard InChI is InChI=1S/C14H18O8/c1-20-8-4-2-7(3-5-8)6-21-14(19)12-10(16)9(15)11(17)13(18)22-12/h2-5,9-13,15-18H,6H2,1H3/t9-,10-,11+,12-,13+/m0/s1. The lowest BCUT2D eigenvalue weighted by Crippen LogP contribution is -2.59. The van der Waals surface area contributed by atoms with Gasteiger partial charge in [0.05, 0.1) is 7.11 Å². The van der Waals surface area contributed by atoms with Gasteiger partial charge in [-0.25, -0.2) is 4.79 Å². The van der Waals surface area contributed by atoms with Crippen LogP contribution in [0, 0.1) is 0 Å². The zero-order chi connectivity index (χ0) is 16.3. The molecule has 1 aromatic rings. The zero-order valence-corrected chi connectivity index (χ0v) is 11.8. The molecule has 0 bridgehead atoms. The maximum Gasteiger partial charge on any atom is 0.338 e. The van der Waals surface area contributed by atoms with E-state index in [0.717, 1.165) is 0 Å². The van der Waals surface area contributed by atoms with E-state index in [9.17, 15) is 25.2 Å². The van der Waals surface area contributed by atoms with Gasteiger partial charge in [-0.05, 0) is 17.7 Å². The van der Waals surface area contributed by atoms with Crippen LogP contribution in [0.2, 0.25) is 0 Å². The average Bonchev–Trinajstić information content (AvgIpc) is 2.54. The van der Waals surface area contributed by atoms with Gasteiger partial charge in [-0.2, -0.15) is 0 Å². The van der Waals surface area contributed by atoms with Crippen LogP contribution in [-0.2, 0) is 20.9 Å². The van der Waals surface area contributed by atoms with Gasteiger partial charge in [0.25, 0.3) is 0 Å². The Morgan fingerprint density at radius 1 is 1.09 bits per heavy atom. The van der Waals surface area contributed by atoms with E-state index in [1.807, 2.05) is 0 Å². The topological polar surface area (TPSA) is 126 Å². The summed E-state index contributed by atoms with van der Waals surface area (Å²) in [5.41, 5.74) is 0.681. The number of benzene rings is 1. The molecule has 1 heterocycles. The third-order valence-electron chi connectivity index (χ3n) is 3.36. The van der Waals surface area contributed by atoms with E-state index in [4.69, 9.17) is 14.2 Å². The van der Waals surface area contributed by atoms with Gasteiger partial charge in [0.1, 0.15) is 30.7 Å². The fraction of sp³-hybridized carbons (Fsp3) is 0.500. The molecule has 1 aliphatic rings. The summed E-state index contributed by atoms with van der Waals surface area (Å²) < 4.78 is 14.7. The highest BCUT2D eigenvalue weighted by Crippen LogP contribution is 2.21. The molecule has 0 amide bonds. The molecule has 0 saturated carbocycles. The van der Waals surface area contributed by atoms with E-state index in [1.54, 1.807) is 24.3 Å². The minimum Gasteiger partial charge on any atom is -0.497 e. The van der Waals surface area contributed by atoms with Crippen LogP contribution in [0.1, 0.15) is 5.56 Å². The van der Waals surface area contributed by atoms with Crippen LogP contribution in [0.25, 0.3) is 0 Å². The molecule has 8 nitrogen and oxygen atoms in total. The van der Waals surface area contributed by atoms with Gasteiger partial charge >= 0.3 is 5.97 Å². The molecule has 1 fully saturated rings. The summed E-state index contributed by atoms with van der Waals surface area (Å²) in [5.74, 6) is -0.297. The van der Waals surface area contributed by atoms with Gasteiger partial charge in [-0.3, -0.25) is 0 Å². The number of aliphatic hydroxyl groups excluding tert-OH is 4. The van der Waals surface area contributed by atoms with Crippen molar-refractivity contribution in [2.45, 2.75) is 37.3 Å². The van der Waals surface area contributed by atoms with Crippen molar-refractivity contribution in [2.24, 2.45) is 0 Å². The first kappa shape index (κ1) is 16.7. The summed E-state index contributed by atoms with van der Waals surface area (Å²) in [6.07, 6.45) is -8.45. The van der Waals surface area contributed by atoms with Crippen molar-refractivity contribution in [3.63, 3.8) is 0 Å². The first-order valence-electron chi connectivity index (χ1n) is 6.61. The van der Waals surface area contributed by atoms with Crippen LogP contribution in [0.4, 0.5) is 0 Å². The minimum absolute atomic E-state index is 0.0792. The first-order valence-corrected chi connectivity index (χ1v) is 6.61. The molecule has 122 valence electrons. The van der Waals surface area contributed by atoms with Gasteiger partial charge in [-0.1, -0.05) is 12.1 Å². The Morgan fingerprint density at radius 2 is 1.73 bits per heavy atom. The fourth-order valence-electron chi connectivity index (χ4n) is 2.01. The summed E-state index contributed by atoms with van der Waals surface area (Å²) in [4.78, 5) is 11.9. The number of carbonyl (C=O) groups is 1. The quantitative estimate of drug-likeness (QED) is 0.497. The average molecular weight is 314 g/mol. The largest absolute Gasteiger partial charge is 0.497 e. The second kappa shape index (κ2) is 7.03. The number of esters is 1. The molecule has 0 radical (unpaired) electrons. The van der Waals surface area contributed by atoms with Crippen molar-refractivity contribution in [2.75, 3.05) is 7.11 Å². The van der Waals surface area contributed by atoms with Gasteiger partial charge < -0.3 is 34.6 Å². The van der Waals surface area contributed by atoms with Crippen LogP contribution in [0.3, 0.4) is 0 Å². The second-order valence-corrected chi connectivity index (χ2v) is 4.87. The smallest absolute Gasteiger partial charge is 0.338 e. The molecule has 8 heteroatoms. The van der Waals surface area contributed by atoms with E-state index in [0.29, 0.717) is 11.3 Å². The van der Waals surface area contributed by atoms with E-state index in [1.165, 1.54) is 7.11 Å². The Bertz CT molecular complexity index is 502. The van der Waals surface area contributed by atoms with Gasteiger partial charge in [-0.15, -0.1) is 0 Å². The number of carbonyl (C=O) groups excluding carboxylic acids is 1. The SMILES string of the molecule is COc1ccc(COC(=O)[C@H]2O[C@@H](O)[C@H](O)[C@@H](O)[C@@H]2O)cc1. The highest BCUT2D eigenvalue weighted by Gasteiger charge is 2.46. The number of hydrogen-bond donors (Lipinski definition) is 4. The Labute approximate surface area is 126 Å².